The van der Waals surface area contributed by atoms with Gasteiger partial charge in [0, 0.05) is 6.04 Å². The Bertz CT molecular complexity index is 309. The molecule has 1 rings (SSSR count). The Morgan fingerprint density at radius 3 is 2.50 bits per heavy atom. The maximum Gasteiger partial charge on any atom is 0.323 e. The van der Waals surface area contributed by atoms with Crippen LogP contribution in [0.25, 0.3) is 0 Å². The molecule has 104 valence electrons. The van der Waals surface area contributed by atoms with Crippen molar-refractivity contribution in [1.82, 2.24) is 5.32 Å². The summed E-state index contributed by atoms with van der Waals surface area (Å²) in [4.78, 5) is 23.1. The van der Waals surface area contributed by atoms with E-state index in [-0.39, 0.29) is 24.0 Å². The van der Waals surface area contributed by atoms with E-state index in [0.29, 0.717) is 19.4 Å². The van der Waals surface area contributed by atoms with Crippen LogP contribution in [-0.4, -0.2) is 36.2 Å². The Hall–Kier alpha value is -1.10. The van der Waals surface area contributed by atoms with E-state index in [1.807, 2.05) is 20.8 Å². The molecule has 0 aromatic rings. The molecular formula is C13H23NO4. The first kappa shape index (κ1) is 15.0. The molecular weight excluding hydrogens is 234 g/mol. The molecule has 18 heavy (non-hydrogen) atoms. The molecule has 0 bridgehead atoms. The number of carbonyl (C=O) groups is 2. The van der Waals surface area contributed by atoms with Crippen LogP contribution < -0.4 is 5.32 Å². The quantitative estimate of drug-likeness (QED) is 0.771. The van der Waals surface area contributed by atoms with Gasteiger partial charge in [0.25, 0.3) is 0 Å². The second kappa shape index (κ2) is 6.18. The first-order chi connectivity index (χ1) is 8.31. The van der Waals surface area contributed by atoms with E-state index in [9.17, 15) is 9.59 Å². The Labute approximate surface area is 108 Å². The minimum absolute atomic E-state index is 0.0153. The van der Waals surface area contributed by atoms with Gasteiger partial charge in [-0.2, -0.15) is 0 Å². The first-order valence-electron chi connectivity index (χ1n) is 6.46. The number of carbonyl (C=O) groups excluding carboxylic acids is 2. The highest BCUT2D eigenvalue weighted by molar-refractivity contribution is 5.77. The van der Waals surface area contributed by atoms with Gasteiger partial charge in [0.15, 0.2) is 0 Å². The van der Waals surface area contributed by atoms with Crippen molar-refractivity contribution in [3.63, 3.8) is 0 Å². The van der Waals surface area contributed by atoms with Crippen molar-refractivity contribution in [3.8, 4) is 0 Å². The van der Waals surface area contributed by atoms with Crippen LogP contribution in [0.5, 0.6) is 0 Å². The normalized spacial score (nSPS) is 23.8. The van der Waals surface area contributed by atoms with E-state index in [0.717, 1.165) is 6.42 Å². The zero-order valence-corrected chi connectivity index (χ0v) is 11.6. The highest BCUT2D eigenvalue weighted by Gasteiger charge is 2.33. The molecule has 0 aromatic carbocycles. The average Bonchev–Trinajstić information content (AvgIpc) is 2.63. The lowest BCUT2D eigenvalue weighted by molar-refractivity contribution is -0.157. The van der Waals surface area contributed by atoms with Crippen LogP contribution in [-0.2, 0) is 19.1 Å². The highest BCUT2D eigenvalue weighted by Crippen LogP contribution is 2.19. The molecule has 1 aliphatic rings. The van der Waals surface area contributed by atoms with Crippen LogP contribution in [0.4, 0.5) is 0 Å². The standard InChI is InChI=1S/C13H23NO4/c1-5-17-11(15)8-9-6-7-10(14-9)12(16)18-13(2,3)4/h9-10,14H,5-8H2,1-4H3/t9?,10-/m1/s1. The van der Waals surface area contributed by atoms with E-state index < -0.39 is 5.60 Å². The van der Waals surface area contributed by atoms with E-state index in [2.05, 4.69) is 5.32 Å². The number of ether oxygens (including phenoxy) is 2. The molecule has 1 N–H and O–H groups in total. The molecule has 1 aliphatic heterocycles. The predicted octanol–water partition coefficient (Wildman–Crippen LogP) is 1.40. The fourth-order valence-corrected chi connectivity index (χ4v) is 1.96. The molecule has 1 heterocycles. The molecule has 1 fully saturated rings. The minimum Gasteiger partial charge on any atom is -0.466 e. The largest absolute Gasteiger partial charge is 0.466 e. The van der Waals surface area contributed by atoms with Gasteiger partial charge in [-0.3, -0.25) is 9.59 Å². The fraction of sp³-hybridized carbons (Fsp3) is 0.846. The maximum absolute atomic E-state index is 11.8. The van der Waals surface area contributed by atoms with Crippen LogP contribution in [0.2, 0.25) is 0 Å². The minimum atomic E-state index is -0.474. The zero-order chi connectivity index (χ0) is 13.8. The summed E-state index contributed by atoms with van der Waals surface area (Å²) >= 11 is 0. The zero-order valence-electron chi connectivity index (χ0n) is 11.6. The van der Waals surface area contributed by atoms with Crippen LogP contribution in [0.3, 0.4) is 0 Å². The molecule has 0 aromatic heterocycles. The summed E-state index contributed by atoms with van der Waals surface area (Å²) in [6.45, 7) is 7.70. The van der Waals surface area contributed by atoms with E-state index in [1.165, 1.54) is 0 Å². The van der Waals surface area contributed by atoms with Gasteiger partial charge in [0.05, 0.1) is 13.0 Å². The molecule has 1 unspecified atom stereocenters. The summed E-state index contributed by atoms with van der Waals surface area (Å²) in [5, 5.41) is 3.13. The number of esters is 2. The lowest BCUT2D eigenvalue weighted by Gasteiger charge is -2.22. The van der Waals surface area contributed by atoms with Crippen molar-refractivity contribution in [3.05, 3.63) is 0 Å². The Morgan fingerprint density at radius 2 is 1.94 bits per heavy atom. The van der Waals surface area contributed by atoms with Crippen molar-refractivity contribution in [2.75, 3.05) is 6.61 Å². The summed E-state index contributed by atoms with van der Waals surface area (Å²) in [7, 11) is 0. The van der Waals surface area contributed by atoms with Crippen molar-refractivity contribution in [2.45, 2.75) is 64.6 Å². The molecule has 0 saturated carbocycles. The number of hydrogen-bond acceptors (Lipinski definition) is 5. The monoisotopic (exact) mass is 257 g/mol. The van der Waals surface area contributed by atoms with Gasteiger partial charge in [0.2, 0.25) is 0 Å². The topological polar surface area (TPSA) is 64.6 Å². The fourth-order valence-electron chi connectivity index (χ4n) is 1.96. The lowest BCUT2D eigenvalue weighted by atomic mass is 10.1. The van der Waals surface area contributed by atoms with Crippen LogP contribution in [0, 0.1) is 0 Å². The number of rotatable bonds is 4. The summed E-state index contributed by atoms with van der Waals surface area (Å²) in [6.07, 6.45) is 1.81. The molecule has 5 nitrogen and oxygen atoms in total. The molecule has 0 amide bonds. The van der Waals surface area contributed by atoms with Gasteiger partial charge in [0.1, 0.15) is 11.6 Å². The van der Waals surface area contributed by atoms with Crippen molar-refractivity contribution in [1.29, 1.82) is 0 Å². The smallest absolute Gasteiger partial charge is 0.323 e. The summed E-state index contributed by atoms with van der Waals surface area (Å²) < 4.78 is 10.2. The van der Waals surface area contributed by atoms with Gasteiger partial charge in [-0.05, 0) is 40.5 Å². The lowest BCUT2D eigenvalue weighted by Crippen LogP contribution is -2.40. The molecule has 0 spiro atoms. The van der Waals surface area contributed by atoms with E-state index in [4.69, 9.17) is 9.47 Å². The van der Waals surface area contributed by atoms with E-state index in [1.54, 1.807) is 6.92 Å². The average molecular weight is 257 g/mol. The van der Waals surface area contributed by atoms with Gasteiger partial charge in [-0.1, -0.05) is 0 Å². The maximum atomic E-state index is 11.8. The molecule has 1 saturated heterocycles. The van der Waals surface area contributed by atoms with Crippen molar-refractivity contribution in [2.24, 2.45) is 0 Å². The third kappa shape index (κ3) is 5.04. The summed E-state index contributed by atoms with van der Waals surface area (Å²) in [5.74, 6) is -0.464. The van der Waals surface area contributed by atoms with Crippen molar-refractivity contribution < 1.29 is 19.1 Å². The molecule has 2 atom stereocenters. The van der Waals surface area contributed by atoms with Gasteiger partial charge in [-0.25, -0.2) is 0 Å². The first-order valence-corrected chi connectivity index (χ1v) is 6.46. The van der Waals surface area contributed by atoms with Crippen LogP contribution in [0.1, 0.15) is 47.0 Å². The van der Waals surface area contributed by atoms with Crippen molar-refractivity contribution >= 4 is 11.9 Å². The highest BCUT2D eigenvalue weighted by atomic mass is 16.6. The third-order valence-electron chi connectivity index (χ3n) is 2.65. The second-order valence-corrected chi connectivity index (χ2v) is 5.54. The molecule has 0 radical (unpaired) electrons. The number of nitrogens with one attached hydrogen (secondary N) is 1. The number of hydrogen-bond donors (Lipinski definition) is 1. The Morgan fingerprint density at radius 1 is 1.28 bits per heavy atom. The second-order valence-electron chi connectivity index (χ2n) is 5.54. The third-order valence-corrected chi connectivity index (χ3v) is 2.65. The predicted molar refractivity (Wildman–Crippen MR) is 67.0 cm³/mol. The van der Waals surface area contributed by atoms with Gasteiger partial charge < -0.3 is 14.8 Å². The summed E-state index contributed by atoms with van der Waals surface area (Å²) in [5.41, 5.74) is -0.474. The van der Waals surface area contributed by atoms with Gasteiger partial charge >= 0.3 is 11.9 Å². The van der Waals surface area contributed by atoms with Crippen LogP contribution in [0.15, 0.2) is 0 Å². The van der Waals surface area contributed by atoms with Gasteiger partial charge in [-0.15, -0.1) is 0 Å². The Balaban J connectivity index is 2.37. The molecule has 0 aliphatic carbocycles. The SMILES string of the molecule is CCOC(=O)CC1CC[C@H](C(=O)OC(C)(C)C)N1. The van der Waals surface area contributed by atoms with E-state index >= 15 is 0 Å². The Kier molecular flexibility index (Phi) is 5.14. The summed E-state index contributed by atoms with van der Waals surface area (Å²) in [6, 6.07) is -0.287. The molecule has 5 heteroatoms. The van der Waals surface area contributed by atoms with Crippen LogP contribution >= 0.6 is 0 Å².